The Balaban J connectivity index is 2.17. The number of sulfonamides is 1. The molecule has 0 saturated carbocycles. The molecule has 0 fully saturated rings. The number of aliphatic carboxylic acids is 1. The lowest BCUT2D eigenvalue weighted by molar-refractivity contribution is -0.137. The van der Waals surface area contributed by atoms with E-state index in [4.69, 9.17) is 5.11 Å². The van der Waals surface area contributed by atoms with Crippen LogP contribution < -0.4 is 4.72 Å². The second kappa shape index (κ2) is 5.11. The van der Waals surface area contributed by atoms with Gasteiger partial charge in [0, 0.05) is 6.20 Å². The summed E-state index contributed by atoms with van der Waals surface area (Å²) >= 11 is 0. The Hall–Kier alpha value is -2.35. The van der Waals surface area contributed by atoms with Crippen molar-refractivity contribution in [3.63, 3.8) is 0 Å². The van der Waals surface area contributed by atoms with Gasteiger partial charge in [-0.25, -0.2) is 8.42 Å². The molecule has 19 heavy (non-hydrogen) atoms. The minimum absolute atomic E-state index is 0.126. The van der Waals surface area contributed by atoms with Gasteiger partial charge in [0.25, 0.3) is 10.0 Å². The van der Waals surface area contributed by atoms with E-state index < -0.39 is 16.0 Å². The van der Waals surface area contributed by atoms with Gasteiger partial charge in [-0.3, -0.25) is 14.2 Å². The minimum atomic E-state index is -3.68. The molecule has 8 heteroatoms. The van der Waals surface area contributed by atoms with Gasteiger partial charge in [-0.15, -0.1) is 0 Å². The lowest BCUT2D eigenvalue weighted by Gasteiger charge is -2.04. The van der Waals surface area contributed by atoms with Gasteiger partial charge in [0.1, 0.15) is 6.54 Å². The van der Waals surface area contributed by atoms with E-state index in [1.165, 1.54) is 24.5 Å². The van der Waals surface area contributed by atoms with Crippen molar-refractivity contribution in [3.8, 4) is 0 Å². The van der Waals surface area contributed by atoms with Crippen molar-refractivity contribution >= 4 is 21.7 Å². The summed E-state index contributed by atoms with van der Waals surface area (Å²) in [5.74, 6) is -1.06. The van der Waals surface area contributed by atoms with Crippen LogP contribution in [0.4, 0.5) is 5.69 Å². The van der Waals surface area contributed by atoms with Gasteiger partial charge in [-0.05, 0) is 12.1 Å². The minimum Gasteiger partial charge on any atom is -0.480 e. The highest BCUT2D eigenvalue weighted by molar-refractivity contribution is 7.92. The standard InChI is InChI=1S/C11H11N3O4S/c15-11(16)8-14-7-9(6-12-14)13-19(17,18)10-4-2-1-3-5-10/h1-7,13H,8H2,(H,15,16). The summed E-state index contributed by atoms with van der Waals surface area (Å²) in [6.07, 6.45) is 2.57. The van der Waals surface area contributed by atoms with E-state index in [-0.39, 0.29) is 17.1 Å². The Morgan fingerprint density at radius 2 is 2.00 bits per heavy atom. The highest BCUT2D eigenvalue weighted by Crippen LogP contribution is 2.14. The molecule has 0 amide bonds. The molecule has 0 aliphatic heterocycles. The maximum Gasteiger partial charge on any atom is 0.325 e. The predicted octanol–water partition coefficient (Wildman–Crippen LogP) is 0.768. The first kappa shape index (κ1) is 13.1. The van der Waals surface area contributed by atoms with E-state index in [1.807, 2.05) is 0 Å². The maximum absolute atomic E-state index is 12.0. The zero-order valence-corrected chi connectivity index (χ0v) is 10.5. The molecule has 1 aromatic heterocycles. The fourth-order valence-corrected chi connectivity index (χ4v) is 2.50. The molecule has 100 valence electrons. The Kier molecular flexibility index (Phi) is 3.52. The Bertz CT molecular complexity index is 679. The summed E-state index contributed by atoms with van der Waals surface area (Å²) in [5.41, 5.74) is 0.213. The SMILES string of the molecule is O=C(O)Cn1cc(NS(=O)(=O)c2ccccc2)cn1. The maximum atomic E-state index is 12.0. The van der Waals surface area contributed by atoms with E-state index in [9.17, 15) is 13.2 Å². The lowest BCUT2D eigenvalue weighted by atomic mass is 10.4. The zero-order chi connectivity index (χ0) is 13.9. The monoisotopic (exact) mass is 281 g/mol. The number of anilines is 1. The molecular formula is C11H11N3O4S. The van der Waals surface area contributed by atoms with E-state index in [0.717, 1.165) is 4.68 Å². The molecule has 2 rings (SSSR count). The zero-order valence-electron chi connectivity index (χ0n) is 9.72. The molecule has 0 spiro atoms. The lowest BCUT2D eigenvalue weighted by Crippen LogP contribution is -2.12. The summed E-state index contributed by atoms with van der Waals surface area (Å²) < 4.78 is 27.4. The molecule has 2 aromatic rings. The van der Waals surface area contributed by atoms with Crippen LogP contribution in [0.5, 0.6) is 0 Å². The van der Waals surface area contributed by atoms with Crippen molar-refractivity contribution < 1.29 is 18.3 Å². The summed E-state index contributed by atoms with van der Waals surface area (Å²) in [7, 11) is -3.68. The van der Waals surface area contributed by atoms with E-state index in [2.05, 4.69) is 9.82 Å². The van der Waals surface area contributed by atoms with Gasteiger partial charge in [0.2, 0.25) is 0 Å². The van der Waals surface area contributed by atoms with Gasteiger partial charge in [0.05, 0.1) is 16.8 Å². The number of aromatic nitrogens is 2. The molecule has 2 N–H and O–H groups in total. The molecular weight excluding hydrogens is 270 g/mol. The molecule has 0 bridgehead atoms. The average Bonchev–Trinajstić information content (AvgIpc) is 2.76. The summed E-state index contributed by atoms with van der Waals surface area (Å²) in [4.78, 5) is 10.6. The number of hydrogen-bond donors (Lipinski definition) is 2. The number of benzene rings is 1. The Morgan fingerprint density at radius 1 is 1.32 bits per heavy atom. The smallest absolute Gasteiger partial charge is 0.325 e. The second-order valence-corrected chi connectivity index (χ2v) is 5.42. The van der Waals surface area contributed by atoms with Gasteiger partial charge in [-0.2, -0.15) is 5.10 Å². The molecule has 0 saturated heterocycles. The van der Waals surface area contributed by atoms with Crippen molar-refractivity contribution in [2.45, 2.75) is 11.4 Å². The largest absolute Gasteiger partial charge is 0.480 e. The number of carbonyl (C=O) groups is 1. The van der Waals surface area contributed by atoms with Crippen molar-refractivity contribution in [3.05, 3.63) is 42.7 Å². The van der Waals surface area contributed by atoms with Crippen molar-refractivity contribution in [2.24, 2.45) is 0 Å². The van der Waals surface area contributed by atoms with E-state index in [0.29, 0.717) is 0 Å². The van der Waals surface area contributed by atoms with Crippen molar-refractivity contribution in [1.82, 2.24) is 9.78 Å². The van der Waals surface area contributed by atoms with Crippen LogP contribution >= 0.6 is 0 Å². The third-order valence-corrected chi connectivity index (χ3v) is 3.63. The third kappa shape index (κ3) is 3.32. The third-order valence-electron chi connectivity index (χ3n) is 2.24. The van der Waals surface area contributed by atoms with Crippen molar-refractivity contribution in [2.75, 3.05) is 4.72 Å². The average molecular weight is 281 g/mol. The number of nitrogens with zero attached hydrogens (tertiary/aromatic N) is 2. The summed E-state index contributed by atoms with van der Waals surface area (Å²) in [5, 5.41) is 12.3. The van der Waals surface area contributed by atoms with Gasteiger partial charge in [0.15, 0.2) is 0 Å². The van der Waals surface area contributed by atoms with Crippen LogP contribution in [0.3, 0.4) is 0 Å². The van der Waals surface area contributed by atoms with E-state index >= 15 is 0 Å². The Labute approximate surface area is 109 Å². The van der Waals surface area contributed by atoms with Crippen LogP contribution in [-0.2, 0) is 21.4 Å². The van der Waals surface area contributed by atoms with Crippen LogP contribution in [0.15, 0.2) is 47.6 Å². The van der Waals surface area contributed by atoms with E-state index in [1.54, 1.807) is 18.2 Å². The first-order valence-electron chi connectivity index (χ1n) is 5.29. The van der Waals surface area contributed by atoms with Crippen LogP contribution in [0, 0.1) is 0 Å². The predicted molar refractivity (Wildman–Crippen MR) is 67.1 cm³/mol. The first-order chi connectivity index (χ1) is 8.97. The van der Waals surface area contributed by atoms with Gasteiger partial charge in [-0.1, -0.05) is 18.2 Å². The quantitative estimate of drug-likeness (QED) is 0.842. The summed E-state index contributed by atoms with van der Waals surface area (Å²) in [6.45, 7) is -0.326. The topological polar surface area (TPSA) is 101 Å². The highest BCUT2D eigenvalue weighted by atomic mass is 32.2. The van der Waals surface area contributed by atoms with Crippen molar-refractivity contribution in [1.29, 1.82) is 0 Å². The molecule has 0 atom stereocenters. The second-order valence-electron chi connectivity index (χ2n) is 3.74. The van der Waals surface area contributed by atoms with Crippen LogP contribution in [-0.4, -0.2) is 29.3 Å². The number of carboxylic acid groups (broad SMARTS) is 1. The molecule has 0 aliphatic rings. The molecule has 1 heterocycles. The Morgan fingerprint density at radius 3 is 2.63 bits per heavy atom. The van der Waals surface area contributed by atoms with Crippen LogP contribution in [0.1, 0.15) is 0 Å². The number of hydrogen-bond acceptors (Lipinski definition) is 4. The van der Waals surface area contributed by atoms with Crippen LogP contribution in [0.25, 0.3) is 0 Å². The molecule has 0 unspecified atom stereocenters. The summed E-state index contributed by atoms with van der Waals surface area (Å²) in [6, 6.07) is 7.86. The number of rotatable bonds is 5. The molecule has 0 radical (unpaired) electrons. The van der Waals surface area contributed by atoms with Gasteiger partial charge < -0.3 is 5.11 Å². The number of nitrogens with one attached hydrogen (secondary N) is 1. The fourth-order valence-electron chi connectivity index (χ4n) is 1.46. The van der Waals surface area contributed by atoms with Crippen LogP contribution in [0.2, 0.25) is 0 Å². The first-order valence-corrected chi connectivity index (χ1v) is 6.78. The highest BCUT2D eigenvalue weighted by Gasteiger charge is 2.14. The normalized spacial score (nSPS) is 11.2. The number of carboxylic acids is 1. The molecule has 1 aromatic carbocycles. The molecule has 7 nitrogen and oxygen atoms in total. The molecule has 0 aliphatic carbocycles. The van der Waals surface area contributed by atoms with Gasteiger partial charge >= 0.3 is 5.97 Å². The fraction of sp³-hybridized carbons (Fsp3) is 0.0909.